The van der Waals surface area contributed by atoms with Gasteiger partial charge in [0.2, 0.25) is 0 Å². The molecule has 28 heavy (non-hydrogen) atoms. The number of amides is 2. The van der Waals surface area contributed by atoms with Gasteiger partial charge in [0.15, 0.2) is 0 Å². The predicted octanol–water partition coefficient (Wildman–Crippen LogP) is 2.08. The van der Waals surface area contributed by atoms with Crippen LogP contribution in [0.25, 0.3) is 0 Å². The first-order valence-electron chi connectivity index (χ1n) is 8.47. The van der Waals surface area contributed by atoms with Crippen LogP contribution in [0, 0.1) is 9.81 Å². The maximum atomic E-state index is 12.7. The zero-order valence-electron chi connectivity index (χ0n) is 14.9. The normalized spacial score (nSPS) is 14.9. The molecule has 0 atom stereocenters. The minimum Gasteiger partial charge on any atom is -0.300 e. The van der Waals surface area contributed by atoms with E-state index in [4.69, 9.17) is 0 Å². The van der Waals surface area contributed by atoms with Crippen LogP contribution >= 0.6 is 0 Å². The van der Waals surface area contributed by atoms with Gasteiger partial charge in [-0.3, -0.25) is 19.4 Å². The first kappa shape index (κ1) is 19.0. The summed E-state index contributed by atoms with van der Waals surface area (Å²) in [6, 6.07) is 16.9. The molecule has 0 spiro atoms. The number of benzene rings is 2. The van der Waals surface area contributed by atoms with Gasteiger partial charge in [0.05, 0.1) is 10.6 Å². The molecule has 1 aliphatic heterocycles. The molecule has 1 fully saturated rings. The second-order valence-electron chi connectivity index (χ2n) is 6.16. The van der Waals surface area contributed by atoms with Gasteiger partial charge < -0.3 is 0 Å². The first-order chi connectivity index (χ1) is 13.6. The summed E-state index contributed by atoms with van der Waals surface area (Å²) in [4.78, 5) is 50.6. The van der Waals surface area contributed by atoms with Crippen molar-refractivity contribution < 1.29 is 9.59 Å². The highest BCUT2D eigenvalue weighted by molar-refractivity contribution is 5.95. The van der Waals surface area contributed by atoms with Crippen molar-refractivity contribution in [2.24, 2.45) is 10.6 Å². The van der Waals surface area contributed by atoms with Crippen molar-refractivity contribution in [3.05, 3.63) is 81.6 Å². The molecule has 0 radical (unpaired) electrons. The highest BCUT2D eigenvalue weighted by Crippen LogP contribution is 2.14. The molecule has 0 N–H and O–H groups in total. The van der Waals surface area contributed by atoms with Gasteiger partial charge in [0, 0.05) is 11.1 Å². The van der Waals surface area contributed by atoms with Gasteiger partial charge in [-0.1, -0.05) is 36.4 Å². The SMILES string of the molecule is O=NN1CN(C(=O)c2ccccc2)CN(N=O)CN(C(=O)c2ccccc2)C1. The van der Waals surface area contributed by atoms with Crippen molar-refractivity contribution >= 4 is 11.8 Å². The molecule has 0 aromatic heterocycles. The molecule has 1 saturated heterocycles. The zero-order chi connectivity index (χ0) is 19.9. The molecule has 1 heterocycles. The van der Waals surface area contributed by atoms with E-state index in [1.54, 1.807) is 60.7 Å². The zero-order valence-corrected chi connectivity index (χ0v) is 14.9. The van der Waals surface area contributed by atoms with E-state index >= 15 is 0 Å². The summed E-state index contributed by atoms with van der Waals surface area (Å²) in [5, 5.41) is 7.93. The van der Waals surface area contributed by atoms with Gasteiger partial charge in [0.1, 0.15) is 26.7 Å². The summed E-state index contributed by atoms with van der Waals surface area (Å²) in [5.74, 6) is -0.767. The van der Waals surface area contributed by atoms with Crippen LogP contribution in [0.1, 0.15) is 20.7 Å². The molecule has 0 aliphatic carbocycles. The molecule has 0 unspecified atom stereocenters. The molecule has 0 saturated carbocycles. The second kappa shape index (κ2) is 8.71. The van der Waals surface area contributed by atoms with Gasteiger partial charge >= 0.3 is 0 Å². The lowest BCUT2D eigenvalue weighted by atomic mass is 10.2. The molecule has 2 aromatic rings. The molecular weight excluding hydrogens is 364 g/mol. The molecule has 144 valence electrons. The first-order valence-corrected chi connectivity index (χ1v) is 8.47. The van der Waals surface area contributed by atoms with Crippen LogP contribution in [0.4, 0.5) is 0 Å². The number of hydrogen-bond acceptors (Lipinski definition) is 6. The van der Waals surface area contributed by atoms with Crippen molar-refractivity contribution in [3.8, 4) is 0 Å². The van der Waals surface area contributed by atoms with E-state index in [0.29, 0.717) is 11.1 Å². The van der Waals surface area contributed by atoms with Crippen LogP contribution in [0.15, 0.2) is 71.2 Å². The molecule has 1 aliphatic rings. The molecule has 3 rings (SSSR count). The predicted molar refractivity (Wildman–Crippen MR) is 100.0 cm³/mol. The Bertz CT molecular complexity index is 764. The van der Waals surface area contributed by atoms with Crippen molar-refractivity contribution in [1.29, 1.82) is 0 Å². The Hall–Kier alpha value is -3.82. The summed E-state index contributed by atoms with van der Waals surface area (Å²) in [5.41, 5.74) is 0.800. The maximum Gasteiger partial charge on any atom is 0.256 e. The maximum absolute atomic E-state index is 12.7. The fraction of sp³-hybridized carbons (Fsp3) is 0.222. The third-order valence-electron chi connectivity index (χ3n) is 4.18. The number of nitrogens with zero attached hydrogens (tertiary/aromatic N) is 6. The number of rotatable bonds is 4. The van der Waals surface area contributed by atoms with Crippen LogP contribution in [0.3, 0.4) is 0 Å². The lowest BCUT2D eigenvalue weighted by Crippen LogP contribution is -2.54. The minimum absolute atomic E-state index is 0.193. The molecule has 0 bridgehead atoms. The highest BCUT2D eigenvalue weighted by Gasteiger charge is 2.29. The fourth-order valence-corrected chi connectivity index (χ4v) is 2.85. The van der Waals surface area contributed by atoms with E-state index in [1.165, 1.54) is 9.80 Å². The molecular formula is C18H18N6O4. The lowest BCUT2D eigenvalue weighted by Gasteiger charge is -2.37. The quantitative estimate of drug-likeness (QED) is 0.750. The largest absolute Gasteiger partial charge is 0.300 e. The molecule has 10 nitrogen and oxygen atoms in total. The number of carbonyl (C=O) groups is 2. The highest BCUT2D eigenvalue weighted by atomic mass is 16.3. The number of hydrogen-bond donors (Lipinski definition) is 0. The van der Waals surface area contributed by atoms with Gasteiger partial charge in [-0.2, -0.15) is 0 Å². The smallest absolute Gasteiger partial charge is 0.256 e. The Morgan fingerprint density at radius 3 is 1.21 bits per heavy atom. The lowest BCUT2D eigenvalue weighted by molar-refractivity contribution is -0.0149. The van der Waals surface area contributed by atoms with E-state index in [2.05, 4.69) is 10.6 Å². The van der Waals surface area contributed by atoms with E-state index < -0.39 is 0 Å². The Labute approximate surface area is 160 Å². The van der Waals surface area contributed by atoms with Crippen LogP contribution in [0.5, 0.6) is 0 Å². The van der Waals surface area contributed by atoms with Crippen molar-refractivity contribution in [2.75, 3.05) is 26.7 Å². The Kier molecular flexibility index (Phi) is 5.90. The molecule has 10 heteroatoms. The Morgan fingerprint density at radius 2 is 0.929 bits per heavy atom. The average Bonchev–Trinajstić information content (AvgIpc) is 2.74. The van der Waals surface area contributed by atoms with Gasteiger partial charge in [-0.15, -0.1) is 9.81 Å². The van der Waals surface area contributed by atoms with E-state index in [0.717, 1.165) is 10.0 Å². The fourth-order valence-electron chi connectivity index (χ4n) is 2.85. The monoisotopic (exact) mass is 382 g/mol. The van der Waals surface area contributed by atoms with Crippen molar-refractivity contribution in [1.82, 2.24) is 19.8 Å². The summed E-state index contributed by atoms with van der Waals surface area (Å²) < 4.78 is 0. The summed E-state index contributed by atoms with van der Waals surface area (Å²) in [7, 11) is 0. The summed E-state index contributed by atoms with van der Waals surface area (Å²) in [6.45, 7) is -0.771. The van der Waals surface area contributed by atoms with Gasteiger partial charge in [0.25, 0.3) is 11.8 Å². The van der Waals surface area contributed by atoms with Crippen LogP contribution < -0.4 is 0 Å². The molecule has 2 aromatic carbocycles. The Morgan fingerprint density at radius 1 is 0.607 bits per heavy atom. The summed E-state index contributed by atoms with van der Waals surface area (Å²) in [6.07, 6.45) is 0. The average molecular weight is 382 g/mol. The third-order valence-corrected chi connectivity index (χ3v) is 4.18. The standard InChI is InChI=1S/C18H18N6O4/c25-17(15-7-3-1-4-8-15)21-11-23(19-27)13-22(14-24(12-21)20-28)18(26)16-9-5-2-6-10-16/h1-10H,11-14H2. The van der Waals surface area contributed by atoms with E-state index in [-0.39, 0.29) is 38.5 Å². The Balaban J connectivity index is 1.82. The molecule has 2 amide bonds. The van der Waals surface area contributed by atoms with Crippen molar-refractivity contribution in [2.45, 2.75) is 0 Å². The second-order valence-corrected chi connectivity index (χ2v) is 6.16. The number of carbonyl (C=O) groups excluding carboxylic acids is 2. The van der Waals surface area contributed by atoms with Crippen molar-refractivity contribution in [3.63, 3.8) is 0 Å². The van der Waals surface area contributed by atoms with Crippen LogP contribution in [-0.4, -0.2) is 58.3 Å². The number of nitroso groups, excluding NO2 is 2. The van der Waals surface area contributed by atoms with Gasteiger partial charge in [-0.05, 0) is 24.3 Å². The van der Waals surface area contributed by atoms with Gasteiger partial charge in [-0.25, -0.2) is 10.0 Å². The van der Waals surface area contributed by atoms with Crippen LogP contribution in [0.2, 0.25) is 0 Å². The summed E-state index contributed by atoms with van der Waals surface area (Å²) >= 11 is 0. The van der Waals surface area contributed by atoms with E-state index in [1.807, 2.05) is 0 Å². The van der Waals surface area contributed by atoms with E-state index in [9.17, 15) is 19.4 Å². The third kappa shape index (κ3) is 4.29. The topological polar surface area (TPSA) is 106 Å². The van der Waals surface area contributed by atoms with Crippen LogP contribution in [-0.2, 0) is 0 Å². The minimum atomic E-state index is -0.384.